The number of benzene rings is 2. The predicted molar refractivity (Wildman–Crippen MR) is 101 cm³/mol. The maximum absolute atomic E-state index is 13.9. The second-order valence-corrected chi connectivity index (χ2v) is 6.81. The molecular formula is C20H16F3N5O2. The maximum Gasteiger partial charge on any atom is 0.315 e. The molecule has 0 spiro atoms. The van der Waals surface area contributed by atoms with Crippen molar-refractivity contribution in [1.29, 1.82) is 0 Å². The van der Waals surface area contributed by atoms with Crippen LogP contribution in [0.4, 0.5) is 18.0 Å². The van der Waals surface area contributed by atoms with Gasteiger partial charge in [-0.05, 0) is 29.8 Å². The topological polar surface area (TPSA) is 107 Å². The second kappa shape index (κ2) is 7.21. The zero-order valence-electron chi connectivity index (χ0n) is 15.5. The zero-order chi connectivity index (χ0) is 21.6. The number of amides is 3. The minimum absolute atomic E-state index is 0.0544. The molecule has 10 heteroatoms. The Morgan fingerprint density at radius 2 is 1.77 bits per heavy atom. The van der Waals surface area contributed by atoms with Crippen LogP contribution < -0.4 is 11.5 Å². The predicted octanol–water partition coefficient (Wildman–Crippen LogP) is 2.55. The number of fused-ring (bicyclic) bond motifs is 1. The van der Waals surface area contributed by atoms with Gasteiger partial charge in [-0.1, -0.05) is 18.2 Å². The van der Waals surface area contributed by atoms with Gasteiger partial charge in [-0.2, -0.15) is 5.10 Å². The lowest BCUT2D eigenvalue weighted by molar-refractivity contribution is 0.0995. The van der Waals surface area contributed by atoms with Gasteiger partial charge < -0.3 is 16.4 Å². The van der Waals surface area contributed by atoms with Crippen LogP contribution in [0.2, 0.25) is 0 Å². The first-order valence-electron chi connectivity index (χ1n) is 8.95. The number of nitrogens with two attached hydrogens (primary N) is 2. The summed E-state index contributed by atoms with van der Waals surface area (Å²) in [6.45, 7) is 0.280. The van der Waals surface area contributed by atoms with Crippen LogP contribution in [0.3, 0.4) is 0 Å². The van der Waals surface area contributed by atoms with E-state index < -0.39 is 35.4 Å². The normalized spacial score (nSPS) is 15.7. The van der Waals surface area contributed by atoms with Gasteiger partial charge in [0.25, 0.3) is 5.91 Å². The van der Waals surface area contributed by atoms with Crippen LogP contribution >= 0.6 is 0 Å². The van der Waals surface area contributed by atoms with Gasteiger partial charge in [-0.25, -0.2) is 18.0 Å². The van der Waals surface area contributed by atoms with Crippen LogP contribution in [0.25, 0.3) is 11.3 Å². The van der Waals surface area contributed by atoms with Crippen molar-refractivity contribution in [2.24, 2.45) is 11.5 Å². The molecule has 154 valence electrons. The molecule has 4 rings (SSSR count). The summed E-state index contributed by atoms with van der Waals surface area (Å²) < 4.78 is 42.6. The van der Waals surface area contributed by atoms with E-state index in [9.17, 15) is 22.8 Å². The lowest BCUT2D eigenvalue weighted by Crippen LogP contribution is -2.46. The van der Waals surface area contributed by atoms with Crippen LogP contribution in [0, 0.1) is 17.5 Å². The van der Waals surface area contributed by atoms with Crippen molar-refractivity contribution in [3.05, 3.63) is 76.7 Å². The van der Waals surface area contributed by atoms with Gasteiger partial charge >= 0.3 is 6.03 Å². The Morgan fingerprint density at radius 3 is 2.40 bits per heavy atom. The van der Waals surface area contributed by atoms with Gasteiger partial charge in [0, 0.05) is 12.1 Å². The minimum atomic E-state index is -1.13. The van der Waals surface area contributed by atoms with Gasteiger partial charge in [-0.3, -0.25) is 9.48 Å². The van der Waals surface area contributed by atoms with E-state index in [0.717, 1.165) is 12.1 Å². The van der Waals surface area contributed by atoms with E-state index in [1.165, 1.54) is 33.8 Å². The largest absolute Gasteiger partial charge is 0.365 e. The Kier molecular flexibility index (Phi) is 4.69. The highest BCUT2D eigenvalue weighted by atomic mass is 19.2. The molecule has 1 aliphatic rings. The average molecular weight is 415 g/mol. The molecule has 1 aliphatic heterocycles. The first kappa shape index (κ1) is 19.5. The van der Waals surface area contributed by atoms with Crippen molar-refractivity contribution in [3.63, 3.8) is 0 Å². The number of hydrogen-bond donors (Lipinski definition) is 2. The third kappa shape index (κ3) is 3.15. The van der Waals surface area contributed by atoms with E-state index >= 15 is 0 Å². The molecular weight excluding hydrogens is 399 g/mol. The van der Waals surface area contributed by atoms with Gasteiger partial charge in [0.1, 0.15) is 17.6 Å². The third-order valence-corrected chi connectivity index (χ3v) is 5.00. The Labute approximate surface area is 168 Å². The fourth-order valence-electron chi connectivity index (χ4n) is 3.74. The molecule has 2 aromatic carbocycles. The smallest absolute Gasteiger partial charge is 0.315 e. The summed E-state index contributed by atoms with van der Waals surface area (Å²) >= 11 is 0. The van der Waals surface area contributed by atoms with E-state index in [-0.39, 0.29) is 35.6 Å². The van der Waals surface area contributed by atoms with Crippen molar-refractivity contribution >= 4 is 11.9 Å². The molecule has 2 heterocycles. The Hall–Kier alpha value is -3.82. The maximum atomic E-state index is 13.9. The van der Waals surface area contributed by atoms with Crippen molar-refractivity contribution in [1.82, 2.24) is 14.7 Å². The van der Waals surface area contributed by atoms with Crippen LogP contribution in [-0.4, -0.2) is 33.2 Å². The molecule has 1 aromatic heterocycles. The lowest BCUT2D eigenvalue weighted by Gasteiger charge is -2.35. The summed E-state index contributed by atoms with van der Waals surface area (Å²) in [5.74, 6) is -3.59. The third-order valence-electron chi connectivity index (χ3n) is 5.00. The minimum Gasteiger partial charge on any atom is -0.365 e. The van der Waals surface area contributed by atoms with Crippen molar-refractivity contribution < 1.29 is 22.8 Å². The molecule has 4 N–H and O–H groups in total. The number of rotatable bonds is 3. The standard InChI is InChI=1S/C20H16F3N5O2/c21-12-3-1-2-10(8-12)16-15(19(24)29)18-17(11-4-5-13(22)14(23)9-11)27(20(25)30)6-7-28(18)26-16/h1-5,8-9,17H,6-7H2,(H2,24,29)(H2,25,30). The quantitative estimate of drug-likeness (QED) is 0.686. The van der Waals surface area contributed by atoms with Gasteiger partial charge in [-0.15, -0.1) is 0 Å². The van der Waals surface area contributed by atoms with E-state index in [0.29, 0.717) is 5.56 Å². The number of aromatic nitrogens is 2. The molecule has 0 aliphatic carbocycles. The van der Waals surface area contributed by atoms with E-state index in [4.69, 9.17) is 11.5 Å². The number of primary amides is 2. The molecule has 0 saturated carbocycles. The SMILES string of the molecule is NC(=O)c1c(-c2cccc(F)c2)nn2c1C(c1ccc(F)c(F)c1)N(C(N)=O)CC2. The summed E-state index contributed by atoms with van der Waals surface area (Å²) in [4.78, 5) is 25.7. The van der Waals surface area contributed by atoms with E-state index in [1.807, 2.05) is 0 Å². The van der Waals surface area contributed by atoms with Gasteiger partial charge in [0.15, 0.2) is 11.6 Å². The molecule has 3 amide bonds. The molecule has 0 saturated heterocycles. The first-order valence-corrected chi connectivity index (χ1v) is 8.95. The zero-order valence-corrected chi connectivity index (χ0v) is 15.5. The highest BCUT2D eigenvalue weighted by Crippen LogP contribution is 2.38. The van der Waals surface area contributed by atoms with Crippen molar-refractivity contribution in [3.8, 4) is 11.3 Å². The molecule has 3 aromatic rings. The number of urea groups is 1. The van der Waals surface area contributed by atoms with Crippen molar-refractivity contribution in [2.75, 3.05) is 6.54 Å². The number of carbonyl (C=O) groups excluding carboxylic acids is 2. The van der Waals surface area contributed by atoms with Crippen LogP contribution in [0.1, 0.15) is 27.7 Å². The number of nitrogens with zero attached hydrogens (tertiary/aromatic N) is 3. The summed E-state index contributed by atoms with van der Waals surface area (Å²) in [6, 6.07) is 6.71. The average Bonchev–Trinajstić information content (AvgIpc) is 3.09. The summed E-state index contributed by atoms with van der Waals surface area (Å²) in [7, 11) is 0. The monoisotopic (exact) mass is 415 g/mol. The molecule has 1 atom stereocenters. The van der Waals surface area contributed by atoms with Crippen LogP contribution in [0.5, 0.6) is 0 Å². The van der Waals surface area contributed by atoms with Gasteiger partial charge in [0.05, 0.1) is 17.8 Å². The molecule has 0 fully saturated rings. The van der Waals surface area contributed by atoms with Crippen molar-refractivity contribution in [2.45, 2.75) is 12.6 Å². The first-order chi connectivity index (χ1) is 14.3. The highest BCUT2D eigenvalue weighted by Gasteiger charge is 2.38. The van der Waals surface area contributed by atoms with Gasteiger partial charge in [0.2, 0.25) is 0 Å². The lowest BCUT2D eigenvalue weighted by atomic mass is 9.94. The number of halogens is 3. The second-order valence-electron chi connectivity index (χ2n) is 6.81. The molecule has 0 radical (unpaired) electrons. The Balaban J connectivity index is 1.99. The highest BCUT2D eigenvalue weighted by molar-refractivity contribution is 6.00. The Morgan fingerprint density at radius 1 is 1.00 bits per heavy atom. The number of carbonyl (C=O) groups is 2. The summed E-state index contributed by atoms with van der Waals surface area (Å²) in [6.07, 6.45) is 0. The molecule has 7 nitrogen and oxygen atoms in total. The van der Waals surface area contributed by atoms with E-state index in [1.54, 1.807) is 6.07 Å². The fourth-order valence-corrected chi connectivity index (χ4v) is 3.74. The van der Waals surface area contributed by atoms with Crippen LogP contribution in [0.15, 0.2) is 42.5 Å². The Bertz CT molecular complexity index is 1180. The number of hydrogen-bond acceptors (Lipinski definition) is 3. The summed E-state index contributed by atoms with van der Waals surface area (Å²) in [5, 5.41) is 4.40. The molecule has 0 bridgehead atoms. The summed E-state index contributed by atoms with van der Waals surface area (Å²) in [5.41, 5.74) is 11.9. The van der Waals surface area contributed by atoms with Crippen LogP contribution in [-0.2, 0) is 6.54 Å². The molecule has 30 heavy (non-hydrogen) atoms. The van der Waals surface area contributed by atoms with E-state index in [2.05, 4.69) is 5.10 Å². The molecule has 1 unspecified atom stereocenters. The fraction of sp³-hybridized carbons (Fsp3) is 0.150.